The highest BCUT2D eigenvalue weighted by molar-refractivity contribution is 6.24. The van der Waals surface area contributed by atoms with E-state index >= 15 is 0 Å². The van der Waals surface area contributed by atoms with Crippen molar-refractivity contribution >= 4 is 43.4 Å². The van der Waals surface area contributed by atoms with Crippen molar-refractivity contribution in [3.05, 3.63) is 240 Å². The standard InChI is InChI=1S/C63H42N4/c1-63(2)53-27-15-13-24-45(53)46-32-31-41(36-54(46)63)61-64-60(39-18-5-3-6-19-39)65-62(66-61)59-48-33-30-40(35-52(48)57-43-22-10-9-17-38(43)29-34-50(57)59)51-37-56-58(47-25-12-11-23-44(47)51)49-26-14-16-28-55(49)67(56)42-20-7-4-8-21-42/h3-37,59H,1-2H3. The quantitative estimate of drug-likeness (QED) is 0.173. The number of aromatic nitrogens is 4. The van der Waals surface area contributed by atoms with Crippen LogP contribution in [0.1, 0.15) is 47.8 Å². The maximum atomic E-state index is 5.50. The van der Waals surface area contributed by atoms with E-state index in [0.717, 1.165) is 22.6 Å². The summed E-state index contributed by atoms with van der Waals surface area (Å²) in [7, 11) is 0. The van der Waals surface area contributed by atoms with Crippen LogP contribution in [0.2, 0.25) is 0 Å². The molecule has 1 atom stereocenters. The van der Waals surface area contributed by atoms with Gasteiger partial charge in [-0.3, -0.25) is 0 Å². The smallest absolute Gasteiger partial charge is 0.163 e. The minimum Gasteiger partial charge on any atom is -0.309 e. The van der Waals surface area contributed by atoms with E-state index in [-0.39, 0.29) is 11.3 Å². The SMILES string of the molecule is CC1(C)c2ccccc2-c2ccc(-c3nc(-c4ccccc4)nc(C4c5ccc(-c6cc7c(c8ccccc68)c6ccccc6n7-c6ccccc6)cc5-c5c4ccc4ccccc54)n3)cc21. The van der Waals surface area contributed by atoms with Gasteiger partial charge in [0.1, 0.15) is 5.82 Å². The first-order valence-electron chi connectivity index (χ1n) is 23.2. The summed E-state index contributed by atoms with van der Waals surface area (Å²) in [6.45, 7) is 4.65. The van der Waals surface area contributed by atoms with Crippen LogP contribution in [0.25, 0.3) is 105 Å². The summed E-state index contributed by atoms with van der Waals surface area (Å²) < 4.78 is 2.43. The number of rotatable bonds is 5. The molecule has 0 N–H and O–H groups in total. The molecule has 12 aromatic rings. The molecule has 0 radical (unpaired) electrons. The van der Waals surface area contributed by atoms with Crippen molar-refractivity contribution in [1.82, 2.24) is 19.5 Å². The van der Waals surface area contributed by atoms with Crippen LogP contribution in [0.15, 0.2) is 212 Å². The lowest BCUT2D eigenvalue weighted by Gasteiger charge is -2.22. The molecule has 0 aliphatic heterocycles. The third-order valence-electron chi connectivity index (χ3n) is 14.7. The summed E-state index contributed by atoms with van der Waals surface area (Å²) >= 11 is 0. The van der Waals surface area contributed by atoms with Crippen LogP contribution >= 0.6 is 0 Å². The topological polar surface area (TPSA) is 43.6 Å². The van der Waals surface area contributed by atoms with Crippen LogP contribution in [-0.2, 0) is 5.41 Å². The molecule has 0 saturated carbocycles. The van der Waals surface area contributed by atoms with Gasteiger partial charge in [0.25, 0.3) is 0 Å². The molecule has 0 amide bonds. The first kappa shape index (κ1) is 37.9. The fourth-order valence-electron chi connectivity index (χ4n) is 11.6. The van der Waals surface area contributed by atoms with Crippen LogP contribution in [0.4, 0.5) is 0 Å². The minimum atomic E-state index is -0.220. The molecule has 10 aromatic carbocycles. The molecule has 2 aliphatic carbocycles. The first-order valence-corrected chi connectivity index (χ1v) is 23.2. The van der Waals surface area contributed by atoms with Gasteiger partial charge in [0.05, 0.1) is 17.0 Å². The van der Waals surface area contributed by atoms with Gasteiger partial charge in [0.2, 0.25) is 0 Å². The maximum absolute atomic E-state index is 5.50. The summed E-state index contributed by atoms with van der Waals surface area (Å²) in [5.41, 5.74) is 17.8. The molecular weight excluding hydrogens is 813 g/mol. The number of hydrogen-bond acceptors (Lipinski definition) is 3. The van der Waals surface area contributed by atoms with Crippen molar-refractivity contribution in [2.45, 2.75) is 25.2 Å². The highest BCUT2D eigenvalue weighted by atomic mass is 15.0. The molecule has 2 heterocycles. The first-order chi connectivity index (χ1) is 33.0. The summed E-state index contributed by atoms with van der Waals surface area (Å²) in [5, 5.41) is 7.43. The molecule has 0 fully saturated rings. The summed E-state index contributed by atoms with van der Waals surface area (Å²) in [5.74, 6) is 1.88. The van der Waals surface area contributed by atoms with E-state index in [1.165, 1.54) is 99.0 Å². The Bertz CT molecular complexity index is 4010. The largest absolute Gasteiger partial charge is 0.309 e. The van der Waals surface area contributed by atoms with Gasteiger partial charge in [-0.2, -0.15) is 0 Å². The zero-order chi connectivity index (χ0) is 44.4. The van der Waals surface area contributed by atoms with Gasteiger partial charge in [0.15, 0.2) is 11.6 Å². The summed E-state index contributed by atoms with van der Waals surface area (Å²) in [6, 6.07) is 77.3. The molecule has 0 spiro atoms. The van der Waals surface area contributed by atoms with E-state index in [4.69, 9.17) is 15.0 Å². The molecule has 67 heavy (non-hydrogen) atoms. The van der Waals surface area contributed by atoms with Gasteiger partial charge in [-0.15, -0.1) is 0 Å². The lowest BCUT2D eigenvalue weighted by Crippen LogP contribution is -2.15. The number of fused-ring (bicyclic) bond motifs is 13. The Hall–Kier alpha value is -8.47. The van der Waals surface area contributed by atoms with E-state index in [1.54, 1.807) is 0 Å². The molecule has 2 aliphatic rings. The van der Waals surface area contributed by atoms with Crippen molar-refractivity contribution in [2.24, 2.45) is 0 Å². The fourth-order valence-corrected chi connectivity index (χ4v) is 11.6. The van der Waals surface area contributed by atoms with Gasteiger partial charge in [-0.25, -0.2) is 15.0 Å². The Labute approximate surface area is 388 Å². The lowest BCUT2D eigenvalue weighted by molar-refractivity contribution is 0.660. The van der Waals surface area contributed by atoms with Crippen LogP contribution in [0.3, 0.4) is 0 Å². The third kappa shape index (κ3) is 5.57. The second-order valence-corrected chi connectivity index (χ2v) is 18.7. The molecule has 0 saturated heterocycles. The Balaban J connectivity index is 0.998. The Kier molecular flexibility index (Phi) is 8.06. The number of nitrogens with zero attached hydrogens (tertiary/aromatic N) is 4. The third-order valence-corrected chi connectivity index (χ3v) is 14.7. The van der Waals surface area contributed by atoms with Crippen LogP contribution in [-0.4, -0.2) is 19.5 Å². The van der Waals surface area contributed by atoms with E-state index in [2.05, 4.69) is 225 Å². The van der Waals surface area contributed by atoms with Crippen molar-refractivity contribution < 1.29 is 0 Å². The van der Waals surface area contributed by atoms with Gasteiger partial charge >= 0.3 is 0 Å². The number of benzene rings is 10. The monoisotopic (exact) mass is 854 g/mol. The highest BCUT2D eigenvalue weighted by Crippen LogP contribution is 2.53. The second kappa shape index (κ2) is 14.3. The molecule has 4 heteroatoms. The summed E-state index contributed by atoms with van der Waals surface area (Å²) in [6.07, 6.45) is 0. The molecule has 4 nitrogen and oxygen atoms in total. The molecule has 14 rings (SSSR count). The predicted octanol–water partition coefficient (Wildman–Crippen LogP) is 15.7. The van der Waals surface area contributed by atoms with E-state index in [1.807, 2.05) is 6.07 Å². The maximum Gasteiger partial charge on any atom is 0.163 e. The molecule has 314 valence electrons. The molecule has 1 unspecified atom stereocenters. The molecule has 0 bridgehead atoms. The van der Waals surface area contributed by atoms with Crippen LogP contribution < -0.4 is 0 Å². The van der Waals surface area contributed by atoms with Crippen molar-refractivity contribution in [3.8, 4) is 61.8 Å². The van der Waals surface area contributed by atoms with Crippen molar-refractivity contribution in [2.75, 3.05) is 0 Å². The zero-order valence-corrected chi connectivity index (χ0v) is 37.1. The van der Waals surface area contributed by atoms with Crippen molar-refractivity contribution in [1.29, 1.82) is 0 Å². The van der Waals surface area contributed by atoms with Gasteiger partial charge in [0, 0.05) is 33.0 Å². The average molecular weight is 855 g/mol. The van der Waals surface area contributed by atoms with Gasteiger partial charge in [-0.05, 0) is 114 Å². The normalized spacial score (nSPS) is 14.4. The predicted molar refractivity (Wildman–Crippen MR) is 276 cm³/mol. The Morgan fingerprint density at radius 1 is 0.403 bits per heavy atom. The lowest BCUT2D eigenvalue weighted by atomic mass is 9.82. The van der Waals surface area contributed by atoms with Crippen molar-refractivity contribution in [3.63, 3.8) is 0 Å². The minimum absolute atomic E-state index is 0.157. The fraction of sp³-hybridized carbons (Fsp3) is 0.0635. The van der Waals surface area contributed by atoms with Gasteiger partial charge < -0.3 is 4.57 Å². The second-order valence-electron chi connectivity index (χ2n) is 18.7. The zero-order valence-electron chi connectivity index (χ0n) is 37.1. The number of hydrogen-bond donors (Lipinski definition) is 0. The Morgan fingerprint density at radius 3 is 1.88 bits per heavy atom. The molecule has 2 aromatic heterocycles. The van der Waals surface area contributed by atoms with Crippen LogP contribution in [0.5, 0.6) is 0 Å². The molecular formula is C63H42N4. The number of para-hydroxylation sites is 2. The van der Waals surface area contributed by atoms with E-state index in [0.29, 0.717) is 11.6 Å². The highest BCUT2D eigenvalue weighted by Gasteiger charge is 2.37. The van der Waals surface area contributed by atoms with Gasteiger partial charge in [-0.1, -0.05) is 190 Å². The van der Waals surface area contributed by atoms with Crippen LogP contribution in [0, 0.1) is 0 Å². The Morgan fingerprint density at radius 2 is 1.04 bits per heavy atom. The average Bonchev–Trinajstić information content (AvgIpc) is 3.99. The van der Waals surface area contributed by atoms with E-state index < -0.39 is 0 Å². The summed E-state index contributed by atoms with van der Waals surface area (Å²) in [4.78, 5) is 16.2. The van der Waals surface area contributed by atoms with E-state index in [9.17, 15) is 0 Å².